The van der Waals surface area contributed by atoms with Crippen LogP contribution < -0.4 is 5.56 Å². The molecule has 0 bridgehead atoms. The minimum absolute atomic E-state index is 0.251. The van der Waals surface area contributed by atoms with Gasteiger partial charge < -0.3 is 4.98 Å². The van der Waals surface area contributed by atoms with Crippen LogP contribution in [0.3, 0.4) is 0 Å². The van der Waals surface area contributed by atoms with Crippen molar-refractivity contribution in [3.8, 4) is 11.4 Å². The second-order valence-corrected chi connectivity index (χ2v) is 5.99. The van der Waals surface area contributed by atoms with Crippen LogP contribution in [0.5, 0.6) is 0 Å². The van der Waals surface area contributed by atoms with Gasteiger partial charge in [0.1, 0.15) is 11.7 Å². The number of hydrogen-bond acceptors (Lipinski definition) is 3. The molecule has 3 heterocycles. The zero-order chi connectivity index (χ0) is 16.7. The molecule has 0 saturated heterocycles. The van der Waals surface area contributed by atoms with Crippen LogP contribution in [0.1, 0.15) is 6.42 Å². The lowest BCUT2D eigenvalue weighted by Gasteiger charge is -2.17. The van der Waals surface area contributed by atoms with Gasteiger partial charge in [-0.3, -0.25) is 14.3 Å². The number of aromatic amines is 1. The third kappa shape index (κ3) is 2.45. The Hall–Kier alpha value is -2.73. The van der Waals surface area contributed by atoms with Crippen molar-refractivity contribution in [1.82, 2.24) is 19.5 Å². The first kappa shape index (κ1) is 14.8. The molecule has 1 unspecified atom stereocenters. The molecule has 1 N–H and O–H groups in total. The minimum Gasteiger partial charge on any atom is -0.329 e. The molecule has 3 aromatic heterocycles. The second kappa shape index (κ2) is 5.72. The van der Waals surface area contributed by atoms with Gasteiger partial charge in [0.15, 0.2) is 0 Å². The van der Waals surface area contributed by atoms with Crippen LogP contribution in [0.2, 0.25) is 0 Å². The van der Waals surface area contributed by atoms with Gasteiger partial charge in [-0.2, -0.15) is 0 Å². The lowest BCUT2D eigenvalue weighted by molar-refractivity contribution is 0.650. The number of alkyl halides is 1. The highest BCUT2D eigenvalue weighted by Crippen LogP contribution is 2.34. The van der Waals surface area contributed by atoms with Gasteiger partial charge in [0.05, 0.1) is 28.3 Å². The van der Waals surface area contributed by atoms with Crippen molar-refractivity contribution in [1.29, 1.82) is 0 Å². The molecule has 24 heavy (non-hydrogen) atoms. The third-order valence-electron chi connectivity index (χ3n) is 3.84. The molecular formula is C17H12ClFN4O. The third-order valence-corrected chi connectivity index (χ3v) is 4.14. The number of nitrogens with zero attached hydrogens (tertiary/aromatic N) is 3. The molecule has 4 rings (SSSR count). The van der Waals surface area contributed by atoms with Crippen molar-refractivity contribution in [2.45, 2.75) is 11.8 Å². The summed E-state index contributed by atoms with van der Waals surface area (Å²) >= 11 is 5.99. The van der Waals surface area contributed by atoms with E-state index in [4.69, 9.17) is 11.6 Å². The molecular weight excluding hydrogens is 331 g/mol. The maximum absolute atomic E-state index is 14.5. The average Bonchev–Trinajstić information content (AvgIpc) is 2.94. The number of pyridine rings is 2. The molecule has 0 spiro atoms. The average molecular weight is 343 g/mol. The van der Waals surface area contributed by atoms with E-state index >= 15 is 0 Å². The Morgan fingerprint density at radius 3 is 3.04 bits per heavy atom. The number of hydrogen-bond donors (Lipinski definition) is 1. The Morgan fingerprint density at radius 2 is 2.25 bits per heavy atom. The number of imidazole rings is 1. The van der Waals surface area contributed by atoms with Crippen molar-refractivity contribution < 1.29 is 4.39 Å². The van der Waals surface area contributed by atoms with Gasteiger partial charge >= 0.3 is 0 Å². The van der Waals surface area contributed by atoms with Gasteiger partial charge in [0, 0.05) is 24.0 Å². The van der Waals surface area contributed by atoms with Crippen LogP contribution in [0.25, 0.3) is 28.1 Å². The molecule has 1 atom stereocenters. The first-order chi connectivity index (χ1) is 11.6. The van der Waals surface area contributed by atoms with E-state index in [2.05, 4.69) is 15.0 Å². The van der Waals surface area contributed by atoms with E-state index in [1.54, 1.807) is 35.2 Å². The van der Waals surface area contributed by atoms with E-state index in [9.17, 15) is 9.18 Å². The van der Waals surface area contributed by atoms with Gasteiger partial charge in [-0.15, -0.1) is 11.6 Å². The molecule has 0 aliphatic heterocycles. The van der Waals surface area contributed by atoms with Crippen molar-refractivity contribution in [3.05, 3.63) is 65.1 Å². The van der Waals surface area contributed by atoms with E-state index in [1.807, 2.05) is 0 Å². The van der Waals surface area contributed by atoms with Crippen molar-refractivity contribution in [3.63, 3.8) is 0 Å². The Kier molecular flexibility index (Phi) is 3.54. The highest BCUT2D eigenvalue weighted by Gasteiger charge is 2.22. The van der Waals surface area contributed by atoms with Crippen LogP contribution in [0, 0.1) is 0 Å². The standard InChI is InChI=1S/C17H12ClFN4O/c18-11-1-2-14(12(19)8-11)23-15-9-20-5-4-13(15)22-17(23)10-3-6-21-16(24)7-10/h2-9,11H,1H2,(H,21,24). The van der Waals surface area contributed by atoms with Gasteiger partial charge in [0.25, 0.3) is 0 Å². The monoisotopic (exact) mass is 342 g/mol. The summed E-state index contributed by atoms with van der Waals surface area (Å²) in [7, 11) is 0. The number of halogens is 2. The highest BCUT2D eigenvalue weighted by atomic mass is 35.5. The van der Waals surface area contributed by atoms with Crippen molar-refractivity contribution in [2.24, 2.45) is 0 Å². The molecule has 1 aliphatic rings. The molecule has 0 radical (unpaired) electrons. The Labute approximate surface area is 141 Å². The Balaban J connectivity index is 2.02. The number of allylic oxidation sites excluding steroid dienone is 4. The van der Waals surface area contributed by atoms with Crippen LogP contribution in [0.15, 0.2) is 59.6 Å². The predicted octanol–water partition coefficient (Wildman–Crippen LogP) is 3.49. The van der Waals surface area contributed by atoms with Gasteiger partial charge in [0.2, 0.25) is 5.56 Å². The van der Waals surface area contributed by atoms with Crippen molar-refractivity contribution in [2.75, 3.05) is 0 Å². The number of aromatic nitrogens is 4. The lowest BCUT2D eigenvalue weighted by atomic mass is 10.1. The molecule has 120 valence electrons. The topological polar surface area (TPSA) is 63.6 Å². The van der Waals surface area contributed by atoms with E-state index in [1.165, 1.54) is 18.3 Å². The second-order valence-electron chi connectivity index (χ2n) is 5.43. The van der Waals surface area contributed by atoms with Crippen LogP contribution in [0.4, 0.5) is 4.39 Å². The Morgan fingerprint density at radius 1 is 1.38 bits per heavy atom. The quantitative estimate of drug-likeness (QED) is 0.725. The fraction of sp³-hybridized carbons (Fsp3) is 0.118. The fourth-order valence-corrected chi connectivity index (χ4v) is 2.98. The summed E-state index contributed by atoms with van der Waals surface area (Å²) in [5, 5.41) is -0.371. The summed E-state index contributed by atoms with van der Waals surface area (Å²) in [5.74, 6) is 0.0578. The van der Waals surface area contributed by atoms with Crippen LogP contribution >= 0.6 is 11.6 Å². The highest BCUT2D eigenvalue weighted by molar-refractivity contribution is 6.22. The zero-order valence-electron chi connectivity index (χ0n) is 12.4. The number of fused-ring (bicyclic) bond motifs is 1. The first-order valence-corrected chi connectivity index (χ1v) is 7.81. The summed E-state index contributed by atoms with van der Waals surface area (Å²) in [4.78, 5) is 22.9. The van der Waals surface area contributed by atoms with E-state index in [-0.39, 0.29) is 10.9 Å². The molecule has 0 aromatic carbocycles. The maximum atomic E-state index is 14.5. The summed E-state index contributed by atoms with van der Waals surface area (Å²) in [6, 6.07) is 4.90. The zero-order valence-corrected chi connectivity index (χ0v) is 13.2. The summed E-state index contributed by atoms with van der Waals surface area (Å²) < 4.78 is 16.2. The molecule has 0 amide bonds. The summed E-state index contributed by atoms with van der Waals surface area (Å²) in [5.41, 5.74) is 2.03. The molecule has 5 nitrogen and oxygen atoms in total. The van der Waals surface area contributed by atoms with Gasteiger partial charge in [-0.25, -0.2) is 9.37 Å². The van der Waals surface area contributed by atoms with E-state index < -0.39 is 5.83 Å². The predicted molar refractivity (Wildman–Crippen MR) is 91.3 cm³/mol. The molecule has 1 aliphatic carbocycles. The summed E-state index contributed by atoms with van der Waals surface area (Å²) in [6.07, 6.45) is 8.41. The maximum Gasteiger partial charge on any atom is 0.248 e. The summed E-state index contributed by atoms with van der Waals surface area (Å²) in [6.45, 7) is 0. The lowest BCUT2D eigenvalue weighted by Crippen LogP contribution is -2.09. The van der Waals surface area contributed by atoms with E-state index in [0.29, 0.717) is 34.5 Å². The van der Waals surface area contributed by atoms with Crippen LogP contribution in [-0.2, 0) is 0 Å². The number of rotatable bonds is 2. The van der Waals surface area contributed by atoms with Crippen LogP contribution in [-0.4, -0.2) is 24.9 Å². The molecule has 3 aromatic rings. The van der Waals surface area contributed by atoms with Gasteiger partial charge in [-0.05, 0) is 24.6 Å². The largest absolute Gasteiger partial charge is 0.329 e. The molecule has 0 fully saturated rings. The molecule has 7 heteroatoms. The first-order valence-electron chi connectivity index (χ1n) is 7.37. The smallest absolute Gasteiger partial charge is 0.248 e. The number of H-pyrrole nitrogens is 1. The SMILES string of the molecule is O=c1cc(-c2nc3ccncc3n2C2=CCC(Cl)C=C2F)cc[nH]1. The fourth-order valence-electron chi connectivity index (χ4n) is 2.78. The van der Waals surface area contributed by atoms with Crippen molar-refractivity contribution >= 4 is 28.3 Å². The van der Waals surface area contributed by atoms with Gasteiger partial charge in [-0.1, -0.05) is 6.08 Å². The number of nitrogens with one attached hydrogen (secondary N) is 1. The minimum atomic E-state index is -0.421. The Bertz CT molecular complexity index is 1050. The van der Waals surface area contributed by atoms with E-state index in [0.717, 1.165) is 0 Å². The molecule has 0 saturated carbocycles. The normalized spacial score (nSPS) is 17.7.